The van der Waals surface area contributed by atoms with E-state index in [1.165, 1.54) is 6.42 Å². The molecule has 0 unspecified atom stereocenters. The number of benzene rings is 1. The molecule has 2 fully saturated rings. The van der Waals surface area contributed by atoms with Crippen LogP contribution < -0.4 is 4.90 Å². The van der Waals surface area contributed by atoms with E-state index in [4.69, 9.17) is 4.74 Å². The second-order valence-electron chi connectivity index (χ2n) is 8.33. The van der Waals surface area contributed by atoms with Gasteiger partial charge in [0.15, 0.2) is 0 Å². The highest BCUT2D eigenvalue weighted by atomic mass is 16.5. The molecule has 0 radical (unpaired) electrons. The molecule has 2 aliphatic heterocycles. The molecule has 2 saturated heterocycles. The maximum Gasteiger partial charge on any atom is 0.270 e. The van der Waals surface area contributed by atoms with Crippen LogP contribution in [-0.4, -0.2) is 80.7 Å². The van der Waals surface area contributed by atoms with E-state index in [0.29, 0.717) is 5.69 Å². The summed E-state index contributed by atoms with van der Waals surface area (Å²) in [6.45, 7) is 6.76. The lowest BCUT2D eigenvalue weighted by atomic mass is 9.93. The molecule has 1 amide bonds. The van der Waals surface area contributed by atoms with Crippen LogP contribution in [0.25, 0.3) is 10.9 Å². The normalized spacial score (nSPS) is 19.3. The molecule has 28 heavy (non-hydrogen) atoms. The molecule has 2 aromatic rings. The second-order valence-corrected chi connectivity index (χ2v) is 8.33. The highest BCUT2D eigenvalue weighted by Gasteiger charge is 2.25. The number of carbonyl (C=O) groups is 1. The van der Waals surface area contributed by atoms with Gasteiger partial charge in [-0.2, -0.15) is 0 Å². The maximum atomic E-state index is 13.0. The number of amides is 1. The van der Waals surface area contributed by atoms with Gasteiger partial charge < -0.3 is 19.5 Å². The van der Waals surface area contributed by atoms with Crippen LogP contribution in [0.4, 0.5) is 5.69 Å². The minimum absolute atomic E-state index is 0.134. The van der Waals surface area contributed by atoms with Gasteiger partial charge in [0.1, 0.15) is 5.69 Å². The zero-order chi connectivity index (χ0) is 19.5. The van der Waals surface area contributed by atoms with Gasteiger partial charge in [-0.15, -0.1) is 0 Å². The van der Waals surface area contributed by atoms with Crippen molar-refractivity contribution < 1.29 is 9.53 Å². The molecule has 4 rings (SSSR count). The van der Waals surface area contributed by atoms with Crippen molar-refractivity contribution >= 4 is 22.5 Å². The zero-order valence-electron chi connectivity index (χ0n) is 17.1. The van der Waals surface area contributed by atoms with E-state index < -0.39 is 0 Å². The summed E-state index contributed by atoms with van der Waals surface area (Å²) < 4.78 is 5.42. The van der Waals surface area contributed by atoms with Gasteiger partial charge in [-0.25, -0.2) is 0 Å². The van der Waals surface area contributed by atoms with Gasteiger partial charge in [-0.3, -0.25) is 9.69 Å². The summed E-state index contributed by atoms with van der Waals surface area (Å²) in [4.78, 5) is 22.9. The number of piperidine rings is 1. The number of H-pyrrole nitrogens is 1. The Bertz CT molecular complexity index is 802. The van der Waals surface area contributed by atoms with Crippen molar-refractivity contribution in [2.45, 2.75) is 19.3 Å². The number of hydrogen-bond acceptors (Lipinski definition) is 4. The highest BCUT2D eigenvalue weighted by Crippen LogP contribution is 2.25. The number of anilines is 1. The van der Waals surface area contributed by atoms with Crippen LogP contribution in [-0.2, 0) is 4.74 Å². The fraction of sp³-hybridized carbons (Fsp3) is 0.591. The lowest BCUT2D eigenvalue weighted by Gasteiger charge is -2.33. The van der Waals surface area contributed by atoms with Gasteiger partial charge in [0.05, 0.1) is 13.2 Å². The van der Waals surface area contributed by atoms with Crippen LogP contribution in [0.1, 0.15) is 29.8 Å². The Balaban J connectivity index is 1.31. The molecule has 0 bridgehead atoms. The zero-order valence-corrected chi connectivity index (χ0v) is 17.1. The van der Waals surface area contributed by atoms with Crippen molar-refractivity contribution in [2.24, 2.45) is 5.92 Å². The minimum atomic E-state index is 0.134. The van der Waals surface area contributed by atoms with Gasteiger partial charge in [0.2, 0.25) is 0 Å². The van der Waals surface area contributed by atoms with Gasteiger partial charge in [0, 0.05) is 56.9 Å². The van der Waals surface area contributed by atoms with Crippen LogP contribution in [0.2, 0.25) is 0 Å². The predicted octanol–water partition coefficient (Wildman–Crippen LogP) is 2.81. The number of aromatic amines is 1. The van der Waals surface area contributed by atoms with Gasteiger partial charge >= 0.3 is 0 Å². The molecule has 6 heteroatoms. The van der Waals surface area contributed by atoms with Crippen molar-refractivity contribution in [1.82, 2.24) is 14.8 Å². The lowest BCUT2D eigenvalue weighted by Crippen LogP contribution is -2.41. The monoisotopic (exact) mass is 384 g/mol. The van der Waals surface area contributed by atoms with Crippen molar-refractivity contribution in [3.05, 3.63) is 30.0 Å². The number of nitrogens with one attached hydrogen (secondary N) is 1. The minimum Gasteiger partial charge on any atom is -0.379 e. The summed E-state index contributed by atoms with van der Waals surface area (Å²) in [5, 5.41) is 1.09. The lowest BCUT2D eigenvalue weighted by molar-refractivity contribution is 0.0332. The largest absolute Gasteiger partial charge is 0.379 e. The van der Waals surface area contributed by atoms with Crippen LogP contribution in [0, 0.1) is 5.92 Å². The van der Waals surface area contributed by atoms with Crippen LogP contribution in [0.15, 0.2) is 24.3 Å². The Kier molecular flexibility index (Phi) is 5.87. The maximum absolute atomic E-state index is 13.0. The summed E-state index contributed by atoms with van der Waals surface area (Å²) >= 11 is 0. The number of nitrogens with zero attached hydrogens (tertiary/aromatic N) is 3. The standard InChI is InChI=1S/C22H32N4O2/c1-24(2)19-4-3-18-15-21(23-20(18)16-19)22(27)26-9-6-17(7-10-26)5-8-25-11-13-28-14-12-25/h3-4,15-17,23H,5-14H2,1-2H3. The fourth-order valence-electron chi connectivity index (χ4n) is 4.29. The molecule has 1 N–H and O–H groups in total. The number of ether oxygens (including phenoxy) is 1. The third kappa shape index (κ3) is 4.33. The Hall–Kier alpha value is -2.05. The summed E-state index contributed by atoms with van der Waals surface area (Å²) in [6.07, 6.45) is 3.46. The number of likely N-dealkylation sites (tertiary alicyclic amines) is 1. The van der Waals surface area contributed by atoms with Crippen LogP contribution in [0.5, 0.6) is 0 Å². The smallest absolute Gasteiger partial charge is 0.270 e. The van der Waals surface area contributed by atoms with Crippen molar-refractivity contribution in [3.8, 4) is 0 Å². The number of aromatic nitrogens is 1. The predicted molar refractivity (Wildman–Crippen MR) is 113 cm³/mol. The van der Waals surface area contributed by atoms with Crippen LogP contribution in [0.3, 0.4) is 0 Å². The Labute approximate surface area is 167 Å². The molecule has 0 spiro atoms. The van der Waals surface area contributed by atoms with Crippen molar-refractivity contribution in [3.63, 3.8) is 0 Å². The molecule has 1 aromatic carbocycles. The first-order valence-corrected chi connectivity index (χ1v) is 10.5. The molecule has 0 aliphatic carbocycles. The Morgan fingerprint density at radius 3 is 2.61 bits per heavy atom. The van der Waals surface area contributed by atoms with E-state index in [1.54, 1.807) is 0 Å². The first kappa shape index (κ1) is 19.3. The van der Waals surface area contributed by atoms with E-state index in [0.717, 1.165) is 81.3 Å². The van der Waals surface area contributed by atoms with E-state index in [2.05, 4.69) is 33.0 Å². The van der Waals surface area contributed by atoms with E-state index >= 15 is 0 Å². The molecule has 1 aromatic heterocycles. The van der Waals surface area contributed by atoms with Crippen molar-refractivity contribution in [2.75, 3.05) is 64.9 Å². The third-order valence-corrected chi connectivity index (χ3v) is 6.21. The topological polar surface area (TPSA) is 51.8 Å². The summed E-state index contributed by atoms with van der Waals surface area (Å²) in [5.41, 5.74) is 2.86. The second kappa shape index (κ2) is 8.53. The van der Waals surface area contributed by atoms with E-state index in [9.17, 15) is 4.79 Å². The quantitative estimate of drug-likeness (QED) is 0.861. The van der Waals surface area contributed by atoms with E-state index in [-0.39, 0.29) is 5.91 Å². The molecule has 3 heterocycles. The highest BCUT2D eigenvalue weighted by molar-refractivity contribution is 5.98. The Morgan fingerprint density at radius 1 is 1.14 bits per heavy atom. The molecule has 0 atom stereocenters. The average molecular weight is 385 g/mol. The van der Waals surface area contributed by atoms with Gasteiger partial charge in [-0.05, 0) is 49.9 Å². The number of morpholine rings is 1. The third-order valence-electron chi connectivity index (χ3n) is 6.21. The molecular weight excluding hydrogens is 352 g/mol. The summed E-state index contributed by atoms with van der Waals surface area (Å²) in [7, 11) is 4.05. The first-order valence-electron chi connectivity index (χ1n) is 10.5. The van der Waals surface area contributed by atoms with Crippen LogP contribution >= 0.6 is 0 Å². The van der Waals surface area contributed by atoms with Crippen molar-refractivity contribution in [1.29, 1.82) is 0 Å². The Morgan fingerprint density at radius 2 is 1.89 bits per heavy atom. The van der Waals surface area contributed by atoms with Gasteiger partial charge in [-0.1, -0.05) is 6.07 Å². The first-order chi connectivity index (χ1) is 13.6. The number of hydrogen-bond donors (Lipinski definition) is 1. The summed E-state index contributed by atoms with van der Waals surface area (Å²) in [6, 6.07) is 8.26. The van der Waals surface area contributed by atoms with Gasteiger partial charge in [0.25, 0.3) is 5.91 Å². The molecule has 0 saturated carbocycles. The molecule has 6 nitrogen and oxygen atoms in total. The number of carbonyl (C=O) groups excluding carboxylic acids is 1. The number of fused-ring (bicyclic) bond motifs is 1. The molecule has 2 aliphatic rings. The molecule has 152 valence electrons. The SMILES string of the molecule is CN(C)c1ccc2cc(C(=O)N3CCC(CCN4CCOCC4)CC3)[nH]c2c1. The average Bonchev–Trinajstić information content (AvgIpc) is 3.16. The van der Waals surface area contributed by atoms with E-state index in [1.807, 2.05) is 25.1 Å². The molecular formula is C22H32N4O2. The fourth-order valence-corrected chi connectivity index (χ4v) is 4.29. The summed E-state index contributed by atoms with van der Waals surface area (Å²) in [5.74, 6) is 0.867. The number of rotatable bonds is 5.